The molecule has 2 N–H and O–H groups in total. The predicted octanol–water partition coefficient (Wildman–Crippen LogP) is 3.08. The topological polar surface area (TPSA) is 51.4 Å². The molecule has 0 fully saturated rings. The van der Waals surface area contributed by atoms with Crippen LogP contribution in [0, 0.1) is 0 Å². The van der Waals surface area contributed by atoms with Gasteiger partial charge in [0.25, 0.3) is 0 Å². The number of ether oxygens (including phenoxy) is 1. The first-order valence-electron chi connectivity index (χ1n) is 7.35. The zero-order valence-electron chi connectivity index (χ0n) is 12.7. The van der Waals surface area contributed by atoms with Crippen molar-refractivity contribution in [1.29, 1.82) is 0 Å². The zero-order valence-corrected chi connectivity index (χ0v) is 12.7. The second-order valence-corrected chi connectivity index (χ2v) is 4.96. The van der Waals surface area contributed by atoms with Crippen molar-refractivity contribution < 1.29 is 4.74 Å². The molecule has 0 spiro atoms. The molecule has 0 aliphatic carbocycles. The van der Waals surface area contributed by atoms with Gasteiger partial charge in [0.2, 0.25) is 0 Å². The molecule has 1 heterocycles. The smallest absolute Gasteiger partial charge is 0.123 e. The van der Waals surface area contributed by atoms with Crippen molar-refractivity contribution in [3.63, 3.8) is 0 Å². The van der Waals surface area contributed by atoms with Gasteiger partial charge in [0.1, 0.15) is 5.75 Å². The number of hydrogen-bond acceptors (Lipinski definition) is 4. The van der Waals surface area contributed by atoms with Crippen LogP contribution in [-0.2, 0) is 13.1 Å². The molecule has 0 saturated heterocycles. The summed E-state index contributed by atoms with van der Waals surface area (Å²) in [5, 5.41) is 0. The van der Waals surface area contributed by atoms with E-state index in [1.807, 2.05) is 49.6 Å². The van der Waals surface area contributed by atoms with E-state index in [1.54, 1.807) is 0 Å². The summed E-state index contributed by atoms with van der Waals surface area (Å²) in [6.45, 7) is 7.48. The van der Waals surface area contributed by atoms with Crippen LogP contribution in [0.2, 0.25) is 0 Å². The van der Waals surface area contributed by atoms with Gasteiger partial charge in [0.15, 0.2) is 0 Å². The normalized spacial score (nSPS) is 10.8. The van der Waals surface area contributed by atoms with E-state index in [-0.39, 0.29) is 0 Å². The van der Waals surface area contributed by atoms with Crippen LogP contribution in [-0.4, -0.2) is 23.0 Å². The highest BCUT2D eigenvalue weighted by molar-refractivity contribution is 5.47. The minimum Gasteiger partial charge on any atom is -0.494 e. The van der Waals surface area contributed by atoms with Crippen LogP contribution in [0.1, 0.15) is 25.0 Å². The van der Waals surface area contributed by atoms with Crippen molar-refractivity contribution in [1.82, 2.24) is 9.88 Å². The fourth-order valence-electron chi connectivity index (χ4n) is 2.29. The molecule has 1 aromatic carbocycles. The molecule has 0 saturated carbocycles. The van der Waals surface area contributed by atoms with E-state index in [1.165, 1.54) is 5.56 Å². The van der Waals surface area contributed by atoms with Crippen LogP contribution in [0.25, 0.3) is 0 Å². The fraction of sp³-hybridized carbons (Fsp3) is 0.353. The van der Waals surface area contributed by atoms with E-state index in [0.29, 0.717) is 6.61 Å². The van der Waals surface area contributed by atoms with Crippen molar-refractivity contribution >= 4 is 5.69 Å². The van der Waals surface area contributed by atoms with E-state index in [4.69, 9.17) is 10.5 Å². The molecule has 0 aliphatic heterocycles. The number of aromatic nitrogens is 1. The lowest BCUT2D eigenvalue weighted by Crippen LogP contribution is -2.22. The Morgan fingerprint density at radius 2 is 1.86 bits per heavy atom. The summed E-state index contributed by atoms with van der Waals surface area (Å²) in [6.07, 6.45) is 3.66. The summed E-state index contributed by atoms with van der Waals surface area (Å²) >= 11 is 0. The number of benzene rings is 1. The average Bonchev–Trinajstić information content (AvgIpc) is 2.50. The summed E-state index contributed by atoms with van der Waals surface area (Å²) in [5.41, 5.74) is 9.07. The zero-order chi connectivity index (χ0) is 15.1. The van der Waals surface area contributed by atoms with Crippen LogP contribution in [0.3, 0.4) is 0 Å². The first kappa shape index (κ1) is 15.3. The van der Waals surface area contributed by atoms with E-state index in [9.17, 15) is 0 Å². The molecule has 21 heavy (non-hydrogen) atoms. The molecular weight excluding hydrogens is 262 g/mol. The quantitative estimate of drug-likeness (QED) is 0.794. The van der Waals surface area contributed by atoms with E-state index < -0.39 is 0 Å². The third kappa shape index (κ3) is 4.46. The lowest BCUT2D eigenvalue weighted by molar-refractivity contribution is 0.262. The Labute approximate surface area is 126 Å². The predicted molar refractivity (Wildman–Crippen MR) is 86.0 cm³/mol. The Balaban J connectivity index is 2.12. The van der Waals surface area contributed by atoms with Gasteiger partial charge < -0.3 is 10.5 Å². The number of anilines is 1. The molecular formula is C17H23N3O. The highest BCUT2D eigenvalue weighted by Crippen LogP contribution is 2.23. The van der Waals surface area contributed by atoms with Crippen LogP contribution >= 0.6 is 0 Å². The molecule has 4 heteroatoms. The largest absolute Gasteiger partial charge is 0.494 e. The minimum atomic E-state index is 0.660. The standard InChI is InChI=1S/C17H23N3O/c1-3-20(12-14-7-9-19-10-8-14)13-15-11-16(18)5-6-17(15)21-4-2/h5-11H,3-4,12-13,18H2,1-2H3. The highest BCUT2D eigenvalue weighted by Gasteiger charge is 2.10. The van der Waals surface area contributed by atoms with Gasteiger partial charge in [0.05, 0.1) is 6.61 Å². The number of nitrogens with zero attached hydrogens (tertiary/aromatic N) is 2. The summed E-state index contributed by atoms with van der Waals surface area (Å²) < 4.78 is 5.70. The van der Waals surface area contributed by atoms with Gasteiger partial charge in [-0.25, -0.2) is 0 Å². The van der Waals surface area contributed by atoms with Crippen LogP contribution in [0.4, 0.5) is 5.69 Å². The SMILES string of the molecule is CCOc1ccc(N)cc1CN(CC)Cc1ccncc1. The average molecular weight is 285 g/mol. The van der Waals surface area contributed by atoms with Gasteiger partial charge >= 0.3 is 0 Å². The maximum atomic E-state index is 5.91. The summed E-state index contributed by atoms with van der Waals surface area (Å²) in [6, 6.07) is 9.93. The van der Waals surface area contributed by atoms with E-state index in [0.717, 1.165) is 36.6 Å². The molecule has 0 atom stereocenters. The molecule has 2 aromatic rings. The summed E-state index contributed by atoms with van der Waals surface area (Å²) in [4.78, 5) is 6.41. The van der Waals surface area contributed by atoms with Crippen LogP contribution in [0.5, 0.6) is 5.75 Å². The highest BCUT2D eigenvalue weighted by atomic mass is 16.5. The van der Waals surface area contributed by atoms with Gasteiger partial charge in [-0.05, 0) is 49.4 Å². The summed E-state index contributed by atoms with van der Waals surface area (Å²) in [7, 11) is 0. The molecule has 112 valence electrons. The first-order valence-corrected chi connectivity index (χ1v) is 7.35. The molecule has 2 rings (SSSR count). The monoisotopic (exact) mass is 285 g/mol. The Morgan fingerprint density at radius 3 is 2.52 bits per heavy atom. The van der Waals surface area contributed by atoms with Crippen LogP contribution < -0.4 is 10.5 Å². The van der Waals surface area contributed by atoms with Crippen molar-refractivity contribution in [2.45, 2.75) is 26.9 Å². The van der Waals surface area contributed by atoms with Gasteiger partial charge in [0, 0.05) is 36.7 Å². The van der Waals surface area contributed by atoms with Crippen molar-refractivity contribution in [3.8, 4) is 5.75 Å². The number of rotatable bonds is 7. The third-order valence-electron chi connectivity index (χ3n) is 3.38. The molecule has 0 bridgehead atoms. The number of hydrogen-bond donors (Lipinski definition) is 1. The maximum absolute atomic E-state index is 5.91. The van der Waals surface area contributed by atoms with Crippen LogP contribution in [0.15, 0.2) is 42.7 Å². The lowest BCUT2D eigenvalue weighted by Gasteiger charge is -2.22. The Kier molecular flexibility index (Phi) is 5.58. The number of pyridine rings is 1. The molecule has 1 aromatic heterocycles. The summed E-state index contributed by atoms with van der Waals surface area (Å²) in [5.74, 6) is 0.917. The van der Waals surface area contributed by atoms with Crippen molar-refractivity contribution in [3.05, 3.63) is 53.9 Å². The molecule has 0 aliphatic rings. The van der Waals surface area contributed by atoms with E-state index >= 15 is 0 Å². The number of nitrogen functional groups attached to an aromatic ring is 1. The molecule has 4 nitrogen and oxygen atoms in total. The second kappa shape index (κ2) is 7.64. The van der Waals surface area contributed by atoms with Gasteiger partial charge in [-0.3, -0.25) is 9.88 Å². The van der Waals surface area contributed by atoms with Gasteiger partial charge in [-0.15, -0.1) is 0 Å². The fourth-order valence-corrected chi connectivity index (χ4v) is 2.29. The van der Waals surface area contributed by atoms with Crippen molar-refractivity contribution in [2.24, 2.45) is 0 Å². The maximum Gasteiger partial charge on any atom is 0.123 e. The van der Waals surface area contributed by atoms with Gasteiger partial charge in [-0.2, -0.15) is 0 Å². The number of nitrogens with two attached hydrogens (primary N) is 1. The Hall–Kier alpha value is -2.07. The Morgan fingerprint density at radius 1 is 1.10 bits per heavy atom. The third-order valence-corrected chi connectivity index (χ3v) is 3.38. The second-order valence-electron chi connectivity index (χ2n) is 4.96. The van der Waals surface area contributed by atoms with Crippen molar-refractivity contribution in [2.75, 3.05) is 18.9 Å². The lowest BCUT2D eigenvalue weighted by atomic mass is 10.1. The Bertz CT molecular complexity index is 557. The minimum absolute atomic E-state index is 0.660. The van der Waals surface area contributed by atoms with E-state index in [2.05, 4.69) is 16.8 Å². The molecule has 0 unspecified atom stereocenters. The van der Waals surface area contributed by atoms with Gasteiger partial charge in [-0.1, -0.05) is 6.92 Å². The first-order chi connectivity index (χ1) is 10.2. The molecule has 0 amide bonds. The molecule has 0 radical (unpaired) electrons.